The highest BCUT2D eigenvalue weighted by Gasteiger charge is 2.25. The minimum Gasteiger partial charge on any atom is -0.378 e. The van der Waals surface area contributed by atoms with Crippen molar-refractivity contribution in [2.75, 3.05) is 45.3 Å². The number of ether oxygens (including phenoxy) is 1. The Bertz CT molecular complexity index is 1490. The molecule has 0 aliphatic carbocycles. The van der Waals surface area contributed by atoms with Crippen LogP contribution in [0.15, 0.2) is 35.3 Å². The molecule has 4 heterocycles. The molecule has 0 saturated carbocycles. The molecule has 0 radical (unpaired) electrons. The molecule has 9 nitrogen and oxygen atoms in total. The Labute approximate surface area is 219 Å². The van der Waals surface area contributed by atoms with Crippen LogP contribution in [-0.4, -0.2) is 77.4 Å². The zero-order chi connectivity index (χ0) is 26.1. The number of fused-ring (bicyclic) bond motifs is 1. The maximum atomic E-state index is 12.4. The Morgan fingerprint density at radius 2 is 1.78 bits per heavy atom. The van der Waals surface area contributed by atoms with Crippen molar-refractivity contribution in [2.45, 2.75) is 20.8 Å². The number of ketones is 1. The van der Waals surface area contributed by atoms with Gasteiger partial charge in [-0.15, -0.1) is 11.3 Å². The molecule has 1 fully saturated rings. The molecule has 0 unspecified atom stereocenters. The number of rotatable bonds is 6. The Kier molecular flexibility index (Phi) is 6.94. The summed E-state index contributed by atoms with van der Waals surface area (Å²) >= 11 is 1.54. The Balaban J connectivity index is 1.72. The van der Waals surface area contributed by atoms with Gasteiger partial charge in [-0.2, -0.15) is 0 Å². The lowest BCUT2D eigenvalue weighted by molar-refractivity contribution is 0.101. The van der Waals surface area contributed by atoms with Crippen molar-refractivity contribution >= 4 is 45.3 Å². The number of benzene rings is 1. The molecule has 1 saturated heterocycles. The Morgan fingerprint density at radius 3 is 2.46 bits per heavy atom. The first-order valence-electron chi connectivity index (χ1n) is 12.1. The lowest BCUT2D eigenvalue weighted by Gasteiger charge is -2.28. The molecular formula is C27H29N7O2S. The SMILES string of the molecule is CC(=O)c1c(C)nc(-c2sc3nc(-c4ccccc4)nc(N4CCOCC4)c3c2C)nc1N=CN(C)C. The molecule has 1 aliphatic heterocycles. The molecule has 3 aromatic heterocycles. The highest BCUT2D eigenvalue weighted by molar-refractivity contribution is 7.22. The zero-order valence-corrected chi connectivity index (χ0v) is 22.5. The lowest BCUT2D eigenvalue weighted by Crippen LogP contribution is -2.37. The second-order valence-corrected chi connectivity index (χ2v) is 10.2. The number of carbonyl (C=O) groups excluding carboxylic acids is 1. The van der Waals surface area contributed by atoms with Crippen LogP contribution in [0.25, 0.3) is 32.3 Å². The van der Waals surface area contributed by atoms with Crippen LogP contribution < -0.4 is 4.90 Å². The first kappa shape index (κ1) is 24.9. The van der Waals surface area contributed by atoms with E-state index in [0.29, 0.717) is 41.9 Å². The first-order chi connectivity index (χ1) is 17.8. The van der Waals surface area contributed by atoms with Gasteiger partial charge < -0.3 is 14.5 Å². The van der Waals surface area contributed by atoms with Gasteiger partial charge in [0.2, 0.25) is 0 Å². The van der Waals surface area contributed by atoms with Crippen LogP contribution in [0.2, 0.25) is 0 Å². The van der Waals surface area contributed by atoms with Gasteiger partial charge >= 0.3 is 0 Å². The number of morpholine rings is 1. The first-order valence-corrected chi connectivity index (χ1v) is 12.9. The molecule has 5 rings (SSSR count). The average Bonchev–Trinajstić information content (AvgIpc) is 3.23. The minimum absolute atomic E-state index is 0.115. The van der Waals surface area contributed by atoms with Crippen LogP contribution in [0.5, 0.6) is 0 Å². The summed E-state index contributed by atoms with van der Waals surface area (Å²) in [6, 6.07) is 10.0. The summed E-state index contributed by atoms with van der Waals surface area (Å²) in [7, 11) is 3.75. The third-order valence-electron chi connectivity index (χ3n) is 6.15. The standard InChI is InChI=1S/C27H29N7O2S/c1-16-20-26(34-11-13-36-14-12-34)31-23(19-9-7-6-8-10-19)32-27(20)37-22(16)25-29-17(2)21(18(3)35)24(30-25)28-15-33(4)5/h6-10,15H,11-14H2,1-5H3. The van der Waals surface area contributed by atoms with Crippen LogP contribution in [0, 0.1) is 13.8 Å². The fourth-order valence-corrected chi connectivity index (χ4v) is 5.50. The summed E-state index contributed by atoms with van der Waals surface area (Å²) in [5.74, 6) is 2.36. The van der Waals surface area contributed by atoms with E-state index < -0.39 is 0 Å². The van der Waals surface area contributed by atoms with E-state index in [2.05, 4.69) is 16.8 Å². The molecule has 4 aromatic rings. The number of hydrogen-bond donors (Lipinski definition) is 0. The number of aliphatic imine (C=N–C) groups is 1. The summed E-state index contributed by atoms with van der Waals surface area (Å²) in [5, 5.41) is 0.997. The maximum Gasteiger partial charge on any atom is 0.172 e. The molecular weight excluding hydrogens is 486 g/mol. The highest BCUT2D eigenvalue weighted by atomic mass is 32.1. The van der Waals surface area contributed by atoms with Crippen LogP contribution in [-0.2, 0) is 4.74 Å². The van der Waals surface area contributed by atoms with Gasteiger partial charge in [0.1, 0.15) is 10.6 Å². The molecule has 10 heteroatoms. The molecule has 0 bridgehead atoms. The van der Waals surface area contributed by atoms with Crippen molar-refractivity contribution in [3.8, 4) is 22.1 Å². The van der Waals surface area contributed by atoms with Crippen molar-refractivity contribution < 1.29 is 9.53 Å². The minimum atomic E-state index is -0.115. The smallest absolute Gasteiger partial charge is 0.172 e. The van der Waals surface area contributed by atoms with Crippen LogP contribution >= 0.6 is 11.3 Å². The summed E-state index contributed by atoms with van der Waals surface area (Å²) in [4.78, 5) is 42.2. The van der Waals surface area contributed by atoms with Crippen LogP contribution in [0.3, 0.4) is 0 Å². The number of hydrogen-bond acceptors (Lipinski definition) is 9. The zero-order valence-electron chi connectivity index (χ0n) is 21.6. The predicted molar refractivity (Wildman–Crippen MR) is 148 cm³/mol. The van der Waals surface area contributed by atoms with Gasteiger partial charge in [-0.3, -0.25) is 4.79 Å². The fraction of sp³-hybridized carbons (Fsp3) is 0.333. The second-order valence-electron chi connectivity index (χ2n) is 9.17. The quantitative estimate of drug-likeness (QED) is 0.207. The number of Topliss-reactive ketones (excluding diaryl/α,β-unsaturated/α-hetero) is 1. The van der Waals surface area contributed by atoms with Crippen molar-refractivity contribution in [1.82, 2.24) is 24.8 Å². The van der Waals surface area contributed by atoms with E-state index in [9.17, 15) is 4.79 Å². The van der Waals surface area contributed by atoms with Crippen LogP contribution in [0.4, 0.5) is 11.6 Å². The highest BCUT2D eigenvalue weighted by Crippen LogP contribution is 2.41. The van der Waals surface area contributed by atoms with Gasteiger partial charge in [-0.05, 0) is 26.3 Å². The normalized spacial score (nSPS) is 14.0. The fourth-order valence-electron chi connectivity index (χ4n) is 4.39. The molecule has 1 aromatic carbocycles. The average molecular weight is 516 g/mol. The summed E-state index contributed by atoms with van der Waals surface area (Å²) in [6.45, 7) is 8.23. The van der Waals surface area contributed by atoms with Crippen molar-refractivity contribution in [2.24, 2.45) is 4.99 Å². The number of aromatic nitrogens is 4. The molecule has 0 atom stereocenters. The molecule has 0 spiro atoms. The van der Waals surface area contributed by atoms with Crippen molar-refractivity contribution in [3.63, 3.8) is 0 Å². The predicted octanol–water partition coefficient (Wildman–Crippen LogP) is 4.69. The largest absolute Gasteiger partial charge is 0.378 e. The van der Waals surface area contributed by atoms with Crippen molar-refractivity contribution in [1.29, 1.82) is 0 Å². The molecule has 190 valence electrons. The number of thiophene rings is 1. The van der Waals surface area contributed by atoms with Gasteiger partial charge in [0.25, 0.3) is 0 Å². The summed E-state index contributed by atoms with van der Waals surface area (Å²) in [6.07, 6.45) is 1.64. The van der Waals surface area contributed by atoms with Gasteiger partial charge in [0.15, 0.2) is 23.2 Å². The molecule has 0 amide bonds. The number of carbonyl (C=O) groups is 1. The lowest BCUT2D eigenvalue weighted by atomic mass is 10.1. The number of anilines is 1. The van der Waals surface area contributed by atoms with Crippen molar-refractivity contribution in [3.05, 3.63) is 47.2 Å². The van der Waals surface area contributed by atoms with E-state index in [-0.39, 0.29) is 5.78 Å². The summed E-state index contributed by atoms with van der Waals surface area (Å²) < 4.78 is 5.60. The van der Waals surface area contributed by atoms with E-state index in [0.717, 1.165) is 45.1 Å². The van der Waals surface area contributed by atoms with E-state index in [1.54, 1.807) is 11.2 Å². The monoisotopic (exact) mass is 515 g/mol. The third-order valence-corrected chi connectivity index (χ3v) is 7.33. The van der Waals surface area contributed by atoms with E-state index in [1.807, 2.05) is 51.4 Å². The number of nitrogens with zero attached hydrogens (tertiary/aromatic N) is 7. The van der Waals surface area contributed by atoms with E-state index in [1.165, 1.54) is 18.3 Å². The van der Waals surface area contributed by atoms with E-state index >= 15 is 0 Å². The topological polar surface area (TPSA) is 96.7 Å². The number of aryl methyl sites for hydroxylation is 2. The van der Waals surface area contributed by atoms with E-state index in [4.69, 9.17) is 24.7 Å². The molecule has 1 aliphatic rings. The third kappa shape index (κ3) is 4.94. The van der Waals surface area contributed by atoms with Gasteiger partial charge in [0.05, 0.1) is 41.1 Å². The second kappa shape index (κ2) is 10.3. The van der Waals surface area contributed by atoms with Gasteiger partial charge in [-0.25, -0.2) is 24.9 Å². The molecule has 0 N–H and O–H groups in total. The van der Waals surface area contributed by atoms with Gasteiger partial charge in [0, 0.05) is 32.7 Å². The Hall–Kier alpha value is -3.76. The maximum absolute atomic E-state index is 12.4. The Morgan fingerprint density at radius 1 is 1.05 bits per heavy atom. The molecule has 37 heavy (non-hydrogen) atoms. The summed E-state index contributed by atoms with van der Waals surface area (Å²) in [5.41, 5.74) is 3.01. The van der Waals surface area contributed by atoms with Gasteiger partial charge in [-0.1, -0.05) is 30.3 Å². The van der Waals surface area contributed by atoms with Crippen LogP contribution in [0.1, 0.15) is 28.5 Å².